The monoisotopic (exact) mass is 490 g/mol. The molecule has 0 fully saturated rings. The van der Waals surface area contributed by atoms with Crippen LogP contribution >= 0.6 is 0 Å². The molecule has 0 bridgehead atoms. The van der Waals surface area contributed by atoms with Crippen LogP contribution in [-0.4, -0.2) is 42.4 Å². The minimum atomic E-state index is -0.635. The quantitative estimate of drug-likeness (QED) is 0.393. The number of ether oxygens (including phenoxy) is 2. The van der Waals surface area contributed by atoms with Gasteiger partial charge in [-0.25, -0.2) is 4.39 Å². The second-order valence-electron chi connectivity index (χ2n) is 7.73. The molecule has 0 unspecified atom stereocenters. The molecule has 9 nitrogen and oxygen atoms in total. The summed E-state index contributed by atoms with van der Waals surface area (Å²) in [6, 6.07) is 17.1. The molecule has 2 N–H and O–H groups in total. The Morgan fingerprint density at radius 1 is 0.944 bits per heavy atom. The predicted molar refractivity (Wildman–Crippen MR) is 131 cm³/mol. The van der Waals surface area contributed by atoms with E-state index in [1.54, 1.807) is 54.6 Å². The summed E-state index contributed by atoms with van der Waals surface area (Å²) < 4.78 is 24.7. The van der Waals surface area contributed by atoms with E-state index in [2.05, 4.69) is 15.7 Å². The molecule has 0 aliphatic rings. The number of methoxy groups -OCH3 is 2. The highest BCUT2D eigenvalue weighted by atomic mass is 19.1. The van der Waals surface area contributed by atoms with Crippen LogP contribution in [0.3, 0.4) is 0 Å². The van der Waals surface area contributed by atoms with Crippen LogP contribution in [0, 0.1) is 5.82 Å². The third kappa shape index (κ3) is 5.17. The number of fused-ring (bicyclic) bond motifs is 1. The van der Waals surface area contributed by atoms with Gasteiger partial charge in [0.2, 0.25) is 5.91 Å². The van der Waals surface area contributed by atoms with E-state index >= 15 is 0 Å². The van der Waals surface area contributed by atoms with E-state index in [0.717, 1.165) is 4.68 Å². The number of hydrogen-bond acceptors (Lipinski definition) is 6. The van der Waals surface area contributed by atoms with E-state index in [1.807, 2.05) is 0 Å². The molecule has 0 radical (unpaired) electrons. The minimum absolute atomic E-state index is 0.0330. The normalized spacial score (nSPS) is 10.6. The maximum Gasteiger partial charge on any atom is 0.279 e. The first-order chi connectivity index (χ1) is 17.4. The molecule has 36 heavy (non-hydrogen) atoms. The Labute approximate surface area is 205 Å². The van der Waals surface area contributed by atoms with Crippen molar-refractivity contribution in [3.8, 4) is 17.2 Å². The van der Waals surface area contributed by atoms with Crippen LogP contribution in [-0.2, 0) is 11.3 Å². The van der Waals surface area contributed by atoms with Gasteiger partial charge in [-0.15, -0.1) is 0 Å². The average molecular weight is 490 g/mol. The van der Waals surface area contributed by atoms with Crippen molar-refractivity contribution in [2.75, 3.05) is 20.8 Å². The fourth-order valence-electron chi connectivity index (χ4n) is 3.59. The number of amides is 2. The van der Waals surface area contributed by atoms with Crippen molar-refractivity contribution >= 4 is 22.6 Å². The van der Waals surface area contributed by atoms with Crippen molar-refractivity contribution in [1.29, 1.82) is 0 Å². The van der Waals surface area contributed by atoms with Gasteiger partial charge in [-0.05, 0) is 35.9 Å². The van der Waals surface area contributed by atoms with Crippen LogP contribution in [0.5, 0.6) is 11.5 Å². The molecule has 4 rings (SSSR count). The standard InChI is InChI=1S/C26H23FN4O5/c1-35-18-11-12-21(22(13-18)36-2)31-26(34)20-6-4-3-5-19(20)24(30-31)25(33)29-15-23(32)28-14-16-7-9-17(27)10-8-16/h3-13H,14-15H2,1-2H3,(H,28,32)(H,29,33). The molecule has 10 heteroatoms. The van der Waals surface area contributed by atoms with Gasteiger partial charge < -0.3 is 20.1 Å². The maximum absolute atomic E-state index is 13.2. The molecule has 4 aromatic rings. The molecule has 1 heterocycles. The highest BCUT2D eigenvalue weighted by Crippen LogP contribution is 2.27. The number of rotatable bonds is 8. The van der Waals surface area contributed by atoms with Crippen molar-refractivity contribution in [2.45, 2.75) is 6.54 Å². The minimum Gasteiger partial charge on any atom is -0.497 e. The summed E-state index contributed by atoms with van der Waals surface area (Å²) in [4.78, 5) is 38.6. The summed E-state index contributed by atoms with van der Waals surface area (Å²) in [5.41, 5.74) is 0.557. The summed E-state index contributed by atoms with van der Waals surface area (Å²) in [5.74, 6) is -0.600. The molecular weight excluding hydrogens is 467 g/mol. The number of carbonyl (C=O) groups is 2. The second kappa shape index (κ2) is 10.7. The Kier molecular flexibility index (Phi) is 7.24. The SMILES string of the molecule is COc1ccc(-n2nc(C(=O)NCC(=O)NCc3ccc(F)cc3)c3ccccc3c2=O)c(OC)c1. The van der Waals surface area contributed by atoms with Gasteiger partial charge >= 0.3 is 0 Å². The topological polar surface area (TPSA) is 112 Å². The van der Waals surface area contributed by atoms with E-state index < -0.39 is 17.4 Å². The highest BCUT2D eigenvalue weighted by molar-refractivity contribution is 6.05. The van der Waals surface area contributed by atoms with Gasteiger partial charge in [0.05, 0.1) is 26.2 Å². The van der Waals surface area contributed by atoms with Gasteiger partial charge in [0.1, 0.15) is 23.0 Å². The first-order valence-corrected chi connectivity index (χ1v) is 10.9. The van der Waals surface area contributed by atoms with Crippen LogP contribution in [0.1, 0.15) is 16.1 Å². The van der Waals surface area contributed by atoms with Gasteiger partial charge in [-0.2, -0.15) is 9.78 Å². The number of hydrogen-bond donors (Lipinski definition) is 2. The van der Waals surface area contributed by atoms with E-state index in [0.29, 0.717) is 28.1 Å². The smallest absolute Gasteiger partial charge is 0.279 e. The molecule has 1 aromatic heterocycles. The Morgan fingerprint density at radius 3 is 2.36 bits per heavy atom. The molecule has 0 aliphatic carbocycles. The van der Waals surface area contributed by atoms with Gasteiger partial charge in [0, 0.05) is 18.0 Å². The van der Waals surface area contributed by atoms with Gasteiger partial charge in [0.25, 0.3) is 11.5 Å². The van der Waals surface area contributed by atoms with Crippen LogP contribution in [0.2, 0.25) is 0 Å². The third-order valence-corrected chi connectivity index (χ3v) is 5.45. The summed E-state index contributed by atoms with van der Waals surface area (Å²) >= 11 is 0. The van der Waals surface area contributed by atoms with E-state index in [1.165, 1.54) is 26.4 Å². The number of nitrogens with one attached hydrogen (secondary N) is 2. The fraction of sp³-hybridized carbons (Fsp3) is 0.154. The third-order valence-electron chi connectivity index (χ3n) is 5.45. The average Bonchev–Trinajstić information content (AvgIpc) is 2.91. The Bertz CT molecular complexity index is 1480. The lowest BCUT2D eigenvalue weighted by atomic mass is 10.1. The van der Waals surface area contributed by atoms with Crippen molar-refractivity contribution in [2.24, 2.45) is 0 Å². The zero-order valence-electron chi connectivity index (χ0n) is 19.6. The molecule has 3 aromatic carbocycles. The summed E-state index contributed by atoms with van der Waals surface area (Å²) in [7, 11) is 2.95. The lowest BCUT2D eigenvalue weighted by Gasteiger charge is -2.14. The van der Waals surface area contributed by atoms with Gasteiger partial charge in [-0.3, -0.25) is 14.4 Å². The number of benzene rings is 3. The number of nitrogens with zero attached hydrogens (tertiary/aromatic N) is 2. The molecular formula is C26H23FN4O5. The predicted octanol–water partition coefficient (Wildman–Crippen LogP) is 2.59. The largest absolute Gasteiger partial charge is 0.497 e. The number of carbonyl (C=O) groups excluding carboxylic acids is 2. The molecule has 184 valence electrons. The summed E-state index contributed by atoms with van der Waals surface area (Å²) in [6.45, 7) is -0.140. The van der Waals surface area contributed by atoms with Gasteiger partial charge in [-0.1, -0.05) is 30.3 Å². The van der Waals surface area contributed by atoms with Crippen molar-refractivity contribution in [3.63, 3.8) is 0 Å². The number of halogens is 1. The molecule has 0 spiro atoms. The molecule has 2 amide bonds. The van der Waals surface area contributed by atoms with E-state index in [-0.39, 0.29) is 30.0 Å². The van der Waals surface area contributed by atoms with Crippen molar-refractivity contribution in [3.05, 3.63) is 94.2 Å². The fourth-order valence-corrected chi connectivity index (χ4v) is 3.59. The van der Waals surface area contributed by atoms with Crippen LogP contribution < -0.4 is 25.7 Å². The van der Waals surface area contributed by atoms with Crippen LogP contribution in [0.15, 0.2) is 71.5 Å². The lowest BCUT2D eigenvalue weighted by Crippen LogP contribution is -2.38. The number of aromatic nitrogens is 2. The Balaban J connectivity index is 1.60. The summed E-state index contributed by atoms with van der Waals surface area (Å²) in [6.07, 6.45) is 0. The molecule has 0 atom stereocenters. The Morgan fingerprint density at radius 2 is 1.67 bits per heavy atom. The summed E-state index contributed by atoms with van der Waals surface area (Å²) in [5, 5.41) is 10.1. The van der Waals surface area contributed by atoms with E-state index in [4.69, 9.17) is 9.47 Å². The van der Waals surface area contributed by atoms with E-state index in [9.17, 15) is 18.8 Å². The zero-order chi connectivity index (χ0) is 25.7. The zero-order valence-corrected chi connectivity index (χ0v) is 19.6. The van der Waals surface area contributed by atoms with Gasteiger partial charge in [0.15, 0.2) is 5.69 Å². The first-order valence-electron chi connectivity index (χ1n) is 10.9. The lowest BCUT2D eigenvalue weighted by molar-refractivity contribution is -0.120. The molecule has 0 saturated carbocycles. The van der Waals surface area contributed by atoms with Crippen LogP contribution in [0.4, 0.5) is 4.39 Å². The van der Waals surface area contributed by atoms with Crippen molar-refractivity contribution < 1.29 is 23.5 Å². The van der Waals surface area contributed by atoms with Crippen molar-refractivity contribution in [1.82, 2.24) is 20.4 Å². The Hall–Kier alpha value is -4.73. The second-order valence-corrected chi connectivity index (χ2v) is 7.73. The van der Waals surface area contributed by atoms with Crippen LogP contribution in [0.25, 0.3) is 16.5 Å². The molecule has 0 aliphatic heterocycles. The first kappa shape index (κ1) is 24.4. The maximum atomic E-state index is 13.2. The highest BCUT2D eigenvalue weighted by Gasteiger charge is 2.20. The molecule has 0 saturated heterocycles.